The van der Waals surface area contributed by atoms with E-state index in [2.05, 4.69) is 0 Å². The molecule has 0 aliphatic rings. The number of hydrogen-bond acceptors (Lipinski definition) is 4. The van der Waals surface area contributed by atoms with E-state index in [0.717, 1.165) is 0 Å². The molecule has 22 heavy (non-hydrogen) atoms. The first-order chi connectivity index (χ1) is 8.00. The van der Waals surface area contributed by atoms with E-state index < -0.39 is 31.3 Å². The molecule has 0 unspecified atom stereocenters. The molecular weight excluding hydrogens is 460 g/mol. The van der Waals surface area contributed by atoms with Gasteiger partial charge >= 0.3 is 107 Å². The van der Waals surface area contributed by atoms with Crippen molar-refractivity contribution in [1.82, 2.24) is 0 Å². The van der Waals surface area contributed by atoms with Crippen LogP contribution in [-0.4, -0.2) is 134 Å². The second-order valence-electron chi connectivity index (χ2n) is 2.05. The summed E-state index contributed by atoms with van der Waals surface area (Å²) in [7, 11) is -18.6. The normalized spacial score (nSPS) is 10.7. The fraction of sp³-hybridized carbons (Fsp3) is 0. The third-order valence-electron chi connectivity index (χ3n) is 0. The summed E-state index contributed by atoms with van der Waals surface area (Å²) in [5.74, 6) is 0. The Balaban J connectivity index is -0.0000000376. The summed E-state index contributed by atoms with van der Waals surface area (Å²) < 4.78 is 35.5. The maximum absolute atomic E-state index is 8.88. The summed E-state index contributed by atoms with van der Waals surface area (Å²) in [6.45, 7) is 0. The predicted molar refractivity (Wildman–Crippen MR) is 74.1 cm³/mol. The molecule has 0 radical (unpaired) electrons. The molecule has 136 valence electrons. The molecule has 0 spiro atoms. The van der Waals surface area contributed by atoms with Crippen LogP contribution in [0.4, 0.5) is 0 Å². The van der Waals surface area contributed by atoms with Gasteiger partial charge < -0.3 is 58.7 Å². The van der Waals surface area contributed by atoms with E-state index in [1.807, 2.05) is 0 Å². The molecule has 0 saturated heterocycles. The molecule has 0 aliphatic carbocycles. The van der Waals surface area contributed by atoms with Gasteiger partial charge in [-0.05, 0) is 0 Å². The predicted octanol–water partition coefficient (Wildman–Crippen LogP) is -5.55. The van der Waals surface area contributed by atoms with Crippen LogP contribution in [-0.2, 0) is 18.3 Å². The minimum absolute atomic E-state index is 0. The number of phosphoric acid groups is 4. The van der Waals surface area contributed by atoms with Gasteiger partial charge in [0.15, 0.2) is 0 Å². The molecule has 16 nitrogen and oxygen atoms in total. The SMILES string of the molecule is O=P(O)(O)O.O=P(O)(O)O.O=P(O)(O)O.O=P(O)(O)O.[CaH2].[CaH2]. The van der Waals surface area contributed by atoms with E-state index in [-0.39, 0.29) is 75.5 Å². The van der Waals surface area contributed by atoms with Crippen molar-refractivity contribution in [3.05, 3.63) is 0 Å². The third kappa shape index (κ3) is 1260. The van der Waals surface area contributed by atoms with E-state index in [9.17, 15) is 0 Å². The van der Waals surface area contributed by atoms with Gasteiger partial charge in [0.25, 0.3) is 0 Å². The van der Waals surface area contributed by atoms with Crippen LogP contribution in [0.1, 0.15) is 0 Å². The molecular formula is H16Ca2O16P4. The van der Waals surface area contributed by atoms with Gasteiger partial charge in [0.1, 0.15) is 0 Å². The summed E-state index contributed by atoms with van der Waals surface area (Å²) in [4.78, 5) is 86.2. The first-order valence-corrected chi connectivity index (χ1v) is 9.39. The van der Waals surface area contributed by atoms with Crippen molar-refractivity contribution in [2.45, 2.75) is 0 Å². The minimum atomic E-state index is -4.64. The van der Waals surface area contributed by atoms with Crippen molar-refractivity contribution in [1.29, 1.82) is 0 Å². The summed E-state index contributed by atoms with van der Waals surface area (Å²) >= 11 is 0. The van der Waals surface area contributed by atoms with Crippen LogP contribution in [0.5, 0.6) is 0 Å². The number of hydrogen-bond donors (Lipinski definition) is 12. The standard InChI is InChI=1S/2Ca.4H3O4P.4H/c;;4*1-5(2,3)4;;;;/h;;4*(H3,1,2,3,4);;;;. The van der Waals surface area contributed by atoms with Gasteiger partial charge in [0.05, 0.1) is 0 Å². The molecule has 12 N–H and O–H groups in total. The molecule has 0 heterocycles. The molecule has 0 rings (SSSR count). The maximum atomic E-state index is 8.88. The molecule has 0 aliphatic heterocycles. The average molecular weight is 476 g/mol. The second kappa shape index (κ2) is 17.4. The Morgan fingerprint density at radius 2 is 0.318 bits per heavy atom. The Kier molecular flexibility index (Phi) is 31.5. The fourth-order valence-electron chi connectivity index (χ4n) is 0. The molecule has 22 heteroatoms. The Labute approximate surface area is 181 Å². The number of rotatable bonds is 0. The summed E-state index contributed by atoms with van der Waals surface area (Å²) in [6, 6.07) is 0. The topological polar surface area (TPSA) is 311 Å². The molecule has 0 atom stereocenters. The Morgan fingerprint density at radius 1 is 0.318 bits per heavy atom. The summed E-state index contributed by atoms with van der Waals surface area (Å²) in [5, 5.41) is 0. The van der Waals surface area contributed by atoms with Gasteiger partial charge in [0.2, 0.25) is 0 Å². The monoisotopic (exact) mass is 476 g/mol. The zero-order chi connectivity index (χ0) is 18.0. The van der Waals surface area contributed by atoms with Crippen LogP contribution in [0, 0.1) is 0 Å². The molecule has 0 fully saturated rings. The van der Waals surface area contributed by atoms with Gasteiger partial charge in [0, 0.05) is 0 Å². The zero-order valence-corrected chi connectivity index (χ0v) is 12.4. The van der Waals surface area contributed by atoms with Gasteiger partial charge in [-0.15, -0.1) is 0 Å². The summed E-state index contributed by atoms with van der Waals surface area (Å²) in [6.07, 6.45) is 0. The van der Waals surface area contributed by atoms with E-state index in [0.29, 0.717) is 0 Å². The van der Waals surface area contributed by atoms with Crippen LogP contribution in [0.3, 0.4) is 0 Å². The first kappa shape index (κ1) is 39.9. The molecule has 0 aromatic heterocycles. The molecule has 0 amide bonds. The van der Waals surface area contributed by atoms with Crippen LogP contribution in [0.25, 0.3) is 0 Å². The van der Waals surface area contributed by atoms with E-state index in [4.69, 9.17) is 77.0 Å². The zero-order valence-electron chi connectivity index (χ0n) is 8.79. The quantitative estimate of drug-likeness (QED) is 0.114. The second-order valence-corrected chi connectivity index (χ2v) is 6.16. The van der Waals surface area contributed by atoms with Crippen molar-refractivity contribution in [3.63, 3.8) is 0 Å². The van der Waals surface area contributed by atoms with Crippen LogP contribution >= 0.6 is 31.3 Å². The molecule has 0 bridgehead atoms. The van der Waals surface area contributed by atoms with Crippen molar-refractivity contribution in [3.8, 4) is 0 Å². The Bertz CT molecular complexity index is 289. The third-order valence-corrected chi connectivity index (χ3v) is 0. The van der Waals surface area contributed by atoms with Gasteiger partial charge in [-0.25, -0.2) is 18.3 Å². The molecule has 0 aromatic carbocycles. The van der Waals surface area contributed by atoms with E-state index in [1.54, 1.807) is 0 Å². The molecule has 0 aromatic rings. The summed E-state index contributed by atoms with van der Waals surface area (Å²) in [5.41, 5.74) is 0. The van der Waals surface area contributed by atoms with E-state index in [1.165, 1.54) is 0 Å². The van der Waals surface area contributed by atoms with Gasteiger partial charge in [-0.3, -0.25) is 0 Å². The Morgan fingerprint density at radius 3 is 0.318 bits per heavy atom. The average Bonchev–Trinajstić information content (AvgIpc) is 1.62. The first-order valence-electron chi connectivity index (χ1n) is 3.13. The van der Waals surface area contributed by atoms with Gasteiger partial charge in [-0.1, -0.05) is 0 Å². The van der Waals surface area contributed by atoms with Crippen LogP contribution in [0.2, 0.25) is 0 Å². The Hall–Kier alpha value is 2.96. The van der Waals surface area contributed by atoms with E-state index >= 15 is 0 Å². The van der Waals surface area contributed by atoms with Crippen molar-refractivity contribution >= 4 is 107 Å². The molecule has 0 saturated carbocycles. The van der Waals surface area contributed by atoms with Crippen LogP contribution in [0.15, 0.2) is 0 Å². The van der Waals surface area contributed by atoms with Crippen molar-refractivity contribution in [2.75, 3.05) is 0 Å². The van der Waals surface area contributed by atoms with Crippen molar-refractivity contribution < 1.29 is 77.0 Å². The fourth-order valence-corrected chi connectivity index (χ4v) is 0. The van der Waals surface area contributed by atoms with Gasteiger partial charge in [-0.2, -0.15) is 0 Å². The van der Waals surface area contributed by atoms with Crippen LogP contribution < -0.4 is 0 Å². The van der Waals surface area contributed by atoms with Crippen molar-refractivity contribution in [2.24, 2.45) is 0 Å².